The third-order valence-electron chi connectivity index (χ3n) is 5.19. The van der Waals surface area contributed by atoms with Crippen molar-refractivity contribution < 1.29 is 13.2 Å². The van der Waals surface area contributed by atoms with Crippen LogP contribution in [0.15, 0.2) is 22.7 Å². The zero-order valence-corrected chi connectivity index (χ0v) is 17.8. The first-order valence-electron chi connectivity index (χ1n) is 9.31. The molecule has 0 saturated carbocycles. The van der Waals surface area contributed by atoms with Crippen LogP contribution in [0.1, 0.15) is 31.2 Å². The lowest BCUT2D eigenvalue weighted by Crippen LogP contribution is -2.52. The number of nitrogens with zero attached hydrogens (tertiary/aromatic N) is 3. The fourth-order valence-electron chi connectivity index (χ4n) is 3.67. The predicted molar refractivity (Wildman–Crippen MR) is 107 cm³/mol. The van der Waals surface area contributed by atoms with Crippen molar-refractivity contribution in [3.8, 4) is 5.75 Å². The van der Waals surface area contributed by atoms with Gasteiger partial charge in [0, 0.05) is 55.8 Å². The van der Waals surface area contributed by atoms with Crippen LogP contribution in [0.25, 0.3) is 0 Å². The van der Waals surface area contributed by atoms with Gasteiger partial charge in [0.15, 0.2) is 0 Å². The number of ether oxygens (including phenoxy) is 1. The normalized spacial score (nSPS) is 21.5. The molecule has 1 aromatic rings. The molecule has 3 rings (SSSR count). The summed E-state index contributed by atoms with van der Waals surface area (Å²) in [6.45, 7) is 4.67. The second-order valence-corrected chi connectivity index (χ2v) is 9.80. The first-order valence-corrected chi connectivity index (χ1v) is 11.5. The fraction of sp³-hybridized carbons (Fsp3) is 0.667. The van der Waals surface area contributed by atoms with Gasteiger partial charge in [-0.3, -0.25) is 4.90 Å². The highest BCUT2D eigenvalue weighted by Gasteiger charge is 2.32. The topological polar surface area (TPSA) is 53.1 Å². The molecule has 0 N–H and O–H groups in total. The second kappa shape index (κ2) is 9.01. The van der Waals surface area contributed by atoms with E-state index in [4.69, 9.17) is 4.74 Å². The van der Waals surface area contributed by atoms with Crippen molar-refractivity contribution in [2.24, 2.45) is 0 Å². The van der Waals surface area contributed by atoms with Gasteiger partial charge in [0.1, 0.15) is 5.75 Å². The first kappa shape index (κ1) is 20.1. The molecule has 0 atom stereocenters. The van der Waals surface area contributed by atoms with Gasteiger partial charge in [-0.15, -0.1) is 0 Å². The fourth-order valence-corrected chi connectivity index (χ4v) is 5.75. The van der Waals surface area contributed by atoms with Crippen molar-refractivity contribution in [3.05, 3.63) is 28.2 Å². The summed E-state index contributed by atoms with van der Waals surface area (Å²) in [5.41, 5.74) is 1.12. The number of benzene rings is 1. The van der Waals surface area contributed by atoms with E-state index in [1.807, 2.05) is 12.1 Å². The SMILES string of the molecule is COc1ccc(Br)cc1CN1CCN(S(=O)(=O)N2CCCCCC2)CC1. The van der Waals surface area contributed by atoms with Gasteiger partial charge < -0.3 is 4.74 Å². The molecular weight excluding hydrogens is 418 g/mol. The first-order chi connectivity index (χ1) is 12.5. The summed E-state index contributed by atoms with van der Waals surface area (Å²) in [4.78, 5) is 2.29. The summed E-state index contributed by atoms with van der Waals surface area (Å²) in [5, 5.41) is 0. The summed E-state index contributed by atoms with van der Waals surface area (Å²) < 4.78 is 35.6. The quantitative estimate of drug-likeness (QED) is 0.698. The summed E-state index contributed by atoms with van der Waals surface area (Å²) >= 11 is 3.51. The summed E-state index contributed by atoms with van der Waals surface area (Å²) in [7, 11) is -1.64. The Hall–Kier alpha value is -0.670. The largest absolute Gasteiger partial charge is 0.496 e. The average molecular weight is 446 g/mol. The molecule has 2 aliphatic rings. The molecule has 0 radical (unpaired) electrons. The Morgan fingerprint density at radius 1 is 0.962 bits per heavy atom. The molecule has 146 valence electrons. The van der Waals surface area contributed by atoms with E-state index < -0.39 is 10.2 Å². The van der Waals surface area contributed by atoms with Gasteiger partial charge in [-0.25, -0.2) is 0 Å². The van der Waals surface area contributed by atoms with E-state index in [9.17, 15) is 8.42 Å². The molecule has 0 bridgehead atoms. The van der Waals surface area contributed by atoms with Crippen molar-refractivity contribution in [1.82, 2.24) is 13.5 Å². The van der Waals surface area contributed by atoms with Gasteiger partial charge in [0.25, 0.3) is 10.2 Å². The minimum Gasteiger partial charge on any atom is -0.496 e. The minimum absolute atomic E-state index is 0.551. The number of halogens is 1. The Balaban J connectivity index is 1.59. The Kier molecular flexibility index (Phi) is 6.96. The number of hydrogen-bond acceptors (Lipinski definition) is 4. The molecule has 2 saturated heterocycles. The Bertz CT molecular complexity index is 698. The highest BCUT2D eigenvalue weighted by atomic mass is 79.9. The average Bonchev–Trinajstić information content (AvgIpc) is 2.92. The lowest BCUT2D eigenvalue weighted by atomic mass is 10.2. The molecule has 0 amide bonds. The van der Waals surface area contributed by atoms with Gasteiger partial charge in [-0.1, -0.05) is 28.8 Å². The zero-order valence-electron chi connectivity index (χ0n) is 15.4. The number of hydrogen-bond donors (Lipinski definition) is 0. The lowest BCUT2D eigenvalue weighted by Gasteiger charge is -2.36. The summed E-state index contributed by atoms with van der Waals surface area (Å²) in [6.07, 6.45) is 4.21. The van der Waals surface area contributed by atoms with Crippen molar-refractivity contribution in [3.63, 3.8) is 0 Å². The van der Waals surface area contributed by atoms with Gasteiger partial charge >= 0.3 is 0 Å². The van der Waals surface area contributed by atoms with Gasteiger partial charge in [0.2, 0.25) is 0 Å². The molecule has 0 unspecified atom stereocenters. The Morgan fingerprint density at radius 2 is 1.58 bits per heavy atom. The van der Waals surface area contributed by atoms with Crippen LogP contribution >= 0.6 is 15.9 Å². The molecule has 2 heterocycles. The van der Waals surface area contributed by atoms with Crippen LogP contribution in [0, 0.1) is 0 Å². The van der Waals surface area contributed by atoms with E-state index in [-0.39, 0.29) is 0 Å². The van der Waals surface area contributed by atoms with Crippen LogP contribution in [0.5, 0.6) is 5.75 Å². The Morgan fingerprint density at radius 3 is 2.19 bits per heavy atom. The molecule has 26 heavy (non-hydrogen) atoms. The van der Waals surface area contributed by atoms with E-state index in [1.54, 1.807) is 15.7 Å². The molecule has 6 nitrogen and oxygen atoms in total. The van der Waals surface area contributed by atoms with Crippen LogP contribution in [0.3, 0.4) is 0 Å². The van der Waals surface area contributed by atoms with Gasteiger partial charge in [0.05, 0.1) is 7.11 Å². The van der Waals surface area contributed by atoms with E-state index in [1.165, 1.54) is 0 Å². The lowest BCUT2D eigenvalue weighted by molar-refractivity contribution is 0.173. The number of rotatable bonds is 5. The highest BCUT2D eigenvalue weighted by Crippen LogP contribution is 2.25. The third kappa shape index (κ3) is 4.78. The molecule has 2 aliphatic heterocycles. The van der Waals surface area contributed by atoms with Gasteiger partial charge in [-0.2, -0.15) is 17.0 Å². The molecule has 2 fully saturated rings. The zero-order chi connectivity index (χ0) is 18.6. The maximum Gasteiger partial charge on any atom is 0.282 e. The van der Waals surface area contributed by atoms with Crippen molar-refractivity contribution in [2.75, 3.05) is 46.4 Å². The van der Waals surface area contributed by atoms with Gasteiger partial charge in [-0.05, 0) is 31.0 Å². The summed E-state index contributed by atoms with van der Waals surface area (Å²) in [5.74, 6) is 0.868. The predicted octanol–water partition coefficient (Wildman–Crippen LogP) is 2.70. The van der Waals surface area contributed by atoms with Crippen molar-refractivity contribution in [1.29, 1.82) is 0 Å². The van der Waals surface area contributed by atoms with Crippen LogP contribution in [0.4, 0.5) is 0 Å². The van der Waals surface area contributed by atoms with Crippen LogP contribution in [0.2, 0.25) is 0 Å². The summed E-state index contributed by atoms with van der Waals surface area (Å²) in [6, 6.07) is 5.99. The number of piperazine rings is 1. The molecule has 8 heteroatoms. The van der Waals surface area contributed by atoms with E-state index in [2.05, 4.69) is 26.9 Å². The standard InChI is InChI=1S/C18H28BrN3O3S/c1-25-18-7-6-17(19)14-16(18)15-20-10-12-22(13-11-20)26(23,24)21-8-4-2-3-5-9-21/h6-7,14H,2-5,8-13,15H2,1H3. The molecule has 0 aliphatic carbocycles. The van der Waals surface area contributed by atoms with E-state index in [0.717, 1.165) is 61.1 Å². The third-order valence-corrected chi connectivity index (χ3v) is 7.71. The van der Waals surface area contributed by atoms with Crippen LogP contribution < -0.4 is 4.74 Å². The molecule has 0 spiro atoms. The smallest absolute Gasteiger partial charge is 0.282 e. The van der Waals surface area contributed by atoms with Crippen molar-refractivity contribution in [2.45, 2.75) is 32.2 Å². The van der Waals surface area contributed by atoms with Crippen LogP contribution in [-0.4, -0.2) is 68.3 Å². The van der Waals surface area contributed by atoms with Crippen LogP contribution in [-0.2, 0) is 16.8 Å². The highest BCUT2D eigenvalue weighted by molar-refractivity contribution is 9.10. The maximum absolute atomic E-state index is 12.9. The Labute approximate surface area is 165 Å². The second-order valence-electron chi connectivity index (χ2n) is 6.95. The molecular formula is C18H28BrN3O3S. The van der Waals surface area contributed by atoms with Crippen molar-refractivity contribution >= 4 is 26.1 Å². The monoisotopic (exact) mass is 445 g/mol. The molecule has 0 aromatic heterocycles. The number of methoxy groups -OCH3 is 1. The maximum atomic E-state index is 12.9. The minimum atomic E-state index is -3.32. The van der Waals surface area contributed by atoms with E-state index in [0.29, 0.717) is 26.2 Å². The van der Waals surface area contributed by atoms with E-state index >= 15 is 0 Å². The molecule has 1 aromatic carbocycles.